The predicted molar refractivity (Wildman–Crippen MR) is 70.6 cm³/mol. The Morgan fingerprint density at radius 1 is 1.35 bits per heavy atom. The van der Waals surface area contributed by atoms with Crippen LogP contribution in [0.5, 0.6) is 0 Å². The Kier molecular flexibility index (Phi) is 4.67. The Morgan fingerprint density at radius 3 is 2.80 bits per heavy atom. The van der Waals surface area contributed by atoms with E-state index in [1.54, 1.807) is 0 Å². The van der Waals surface area contributed by atoms with E-state index in [0.717, 1.165) is 5.56 Å². The Hall–Kier alpha value is -2.41. The molecular formula is C13H16N4O3. The van der Waals surface area contributed by atoms with E-state index in [4.69, 9.17) is 16.0 Å². The van der Waals surface area contributed by atoms with Gasteiger partial charge in [0.2, 0.25) is 5.89 Å². The summed E-state index contributed by atoms with van der Waals surface area (Å²) in [5.74, 6) is 0.890. The molecule has 1 aromatic heterocycles. The van der Waals surface area contributed by atoms with Crippen molar-refractivity contribution >= 4 is 6.09 Å². The largest absolute Gasteiger partial charge is 0.450 e. The number of aromatic nitrogens is 2. The van der Waals surface area contributed by atoms with E-state index < -0.39 is 12.1 Å². The fourth-order valence-electron chi connectivity index (χ4n) is 1.68. The zero-order chi connectivity index (χ0) is 14.4. The second-order valence-electron chi connectivity index (χ2n) is 4.27. The van der Waals surface area contributed by atoms with Gasteiger partial charge in [-0.15, -0.1) is 0 Å². The molecule has 0 bridgehead atoms. The molecule has 4 N–H and O–H groups in total. The number of nitrogens with two attached hydrogens (primary N) is 2. The van der Waals surface area contributed by atoms with Gasteiger partial charge >= 0.3 is 6.09 Å². The molecule has 20 heavy (non-hydrogen) atoms. The molecule has 0 radical (unpaired) electrons. The topological polar surface area (TPSA) is 117 Å². The number of hydrogen-bond acceptors (Lipinski definition) is 6. The summed E-state index contributed by atoms with van der Waals surface area (Å²) in [7, 11) is 0. The lowest BCUT2D eigenvalue weighted by Gasteiger charge is -2.05. The average Bonchev–Trinajstić information content (AvgIpc) is 2.88. The number of carbonyl (C=O) groups is 1. The minimum absolute atomic E-state index is 0.118. The molecule has 7 nitrogen and oxygen atoms in total. The van der Waals surface area contributed by atoms with Crippen molar-refractivity contribution in [3.63, 3.8) is 0 Å². The first-order chi connectivity index (χ1) is 9.65. The maximum Gasteiger partial charge on any atom is 0.404 e. The first kappa shape index (κ1) is 14.0. The maximum atomic E-state index is 10.4. The molecule has 0 aliphatic carbocycles. The average molecular weight is 276 g/mol. The zero-order valence-electron chi connectivity index (χ0n) is 10.9. The molecule has 2 aromatic rings. The van der Waals surface area contributed by atoms with Gasteiger partial charge in [-0.25, -0.2) is 4.79 Å². The van der Waals surface area contributed by atoms with Crippen LogP contribution in [0.4, 0.5) is 4.79 Å². The van der Waals surface area contributed by atoms with Crippen molar-refractivity contribution < 1.29 is 14.1 Å². The van der Waals surface area contributed by atoms with Gasteiger partial charge in [0.1, 0.15) is 0 Å². The number of rotatable bonds is 6. The van der Waals surface area contributed by atoms with Crippen LogP contribution in [0.3, 0.4) is 0 Å². The smallest absolute Gasteiger partial charge is 0.404 e. The van der Waals surface area contributed by atoms with Crippen molar-refractivity contribution in [2.45, 2.75) is 18.9 Å². The lowest BCUT2D eigenvalue weighted by Crippen LogP contribution is -2.18. The van der Waals surface area contributed by atoms with Gasteiger partial charge < -0.3 is 20.7 Å². The number of primary amides is 1. The van der Waals surface area contributed by atoms with Gasteiger partial charge in [-0.05, 0) is 5.56 Å². The third-order valence-electron chi connectivity index (χ3n) is 2.68. The first-order valence-electron chi connectivity index (χ1n) is 6.19. The van der Waals surface area contributed by atoms with E-state index in [1.807, 2.05) is 30.3 Å². The van der Waals surface area contributed by atoms with Gasteiger partial charge in [0.05, 0.1) is 12.6 Å². The van der Waals surface area contributed by atoms with Crippen LogP contribution in [-0.2, 0) is 11.2 Å². The molecule has 0 fully saturated rings. The highest BCUT2D eigenvalue weighted by molar-refractivity contribution is 5.64. The number of hydrogen-bond donors (Lipinski definition) is 2. The molecule has 1 aromatic carbocycles. The number of ether oxygens (including phenoxy) is 1. The SMILES string of the molecule is NC(=O)OCC[C@H](N)c1nc(Cc2ccccc2)no1. The van der Waals surface area contributed by atoms with Crippen LogP contribution in [0.1, 0.15) is 29.7 Å². The second kappa shape index (κ2) is 6.67. The van der Waals surface area contributed by atoms with Crippen LogP contribution in [0.25, 0.3) is 0 Å². The van der Waals surface area contributed by atoms with E-state index in [0.29, 0.717) is 24.6 Å². The summed E-state index contributed by atoms with van der Waals surface area (Å²) in [6, 6.07) is 9.32. The summed E-state index contributed by atoms with van der Waals surface area (Å²) < 4.78 is 9.70. The highest BCUT2D eigenvalue weighted by Gasteiger charge is 2.15. The first-order valence-corrected chi connectivity index (χ1v) is 6.19. The monoisotopic (exact) mass is 276 g/mol. The number of carbonyl (C=O) groups excluding carboxylic acids is 1. The predicted octanol–water partition coefficient (Wildman–Crippen LogP) is 1.15. The van der Waals surface area contributed by atoms with Gasteiger partial charge in [-0.1, -0.05) is 35.5 Å². The van der Waals surface area contributed by atoms with E-state index in [9.17, 15) is 4.79 Å². The molecule has 1 heterocycles. The van der Waals surface area contributed by atoms with Crippen LogP contribution in [-0.4, -0.2) is 22.8 Å². The summed E-state index contributed by atoms with van der Waals surface area (Å²) in [4.78, 5) is 14.7. The Balaban J connectivity index is 1.89. The second-order valence-corrected chi connectivity index (χ2v) is 4.27. The number of amides is 1. The molecule has 2 rings (SSSR count). The quantitative estimate of drug-likeness (QED) is 0.817. The summed E-state index contributed by atoms with van der Waals surface area (Å²) >= 11 is 0. The molecule has 0 saturated heterocycles. The van der Waals surface area contributed by atoms with Crippen molar-refractivity contribution in [3.8, 4) is 0 Å². The Bertz CT molecular complexity index is 556. The van der Waals surface area contributed by atoms with Crippen LogP contribution >= 0.6 is 0 Å². The summed E-state index contributed by atoms with van der Waals surface area (Å²) in [5.41, 5.74) is 11.8. The van der Waals surface area contributed by atoms with Crippen molar-refractivity contribution in [2.24, 2.45) is 11.5 Å². The number of benzene rings is 1. The molecule has 0 aliphatic heterocycles. The molecular weight excluding hydrogens is 260 g/mol. The highest BCUT2D eigenvalue weighted by atomic mass is 16.5. The lowest BCUT2D eigenvalue weighted by molar-refractivity contribution is 0.151. The highest BCUT2D eigenvalue weighted by Crippen LogP contribution is 2.13. The summed E-state index contributed by atoms with van der Waals surface area (Å²) in [6.45, 7) is 0.118. The normalized spacial score (nSPS) is 12.1. The van der Waals surface area contributed by atoms with Gasteiger partial charge in [0, 0.05) is 12.8 Å². The van der Waals surface area contributed by atoms with E-state index >= 15 is 0 Å². The van der Waals surface area contributed by atoms with Crippen molar-refractivity contribution in [1.82, 2.24) is 10.1 Å². The fraction of sp³-hybridized carbons (Fsp3) is 0.308. The van der Waals surface area contributed by atoms with E-state index in [2.05, 4.69) is 14.9 Å². The zero-order valence-corrected chi connectivity index (χ0v) is 10.9. The summed E-state index contributed by atoms with van der Waals surface area (Å²) in [5, 5.41) is 3.88. The Labute approximate surface area is 115 Å². The van der Waals surface area contributed by atoms with Crippen LogP contribution in [0, 0.1) is 0 Å². The standard InChI is InChI=1S/C13H16N4O3/c14-10(6-7-19-13(15)18)12-16-11(17-20-12)8-9-4-2-1-3-5-9/h1-5,10H,6-8,14H2,(H2,15,18)/t10-/m0/s1. The van der Waals surface area contributed by atoms with Gasteiger partial charge in [0.15, 0.2) is 5.82 Å². The van der Waals surface area contributed by atoms with E-state index in [1.165, 1.54) is 0 Å². The minimum atomic E-state index is -0.826. The van der Waals surface area contributed by atoms with Crippen molar-refractivity contribution in [2.75, 3.05) is 6.61 Å². The van der Waals surface area contributed by atoms with Gasteiger partial charge in [0.25, 0.3) is 0 Å². The minimum Gasteiger partial charge on any atom is -0.450 e. The van der Waals surface area contributed by atoms with Crippen molar-refractivity contribution in [3.05, 3.63) is 47.6 Å². The molecule has 0 aliphatic rings. The van der Waals surface area contributed by atoms with E-state index in [-0.39, 0.29) is 6.61 Å². The number of nitrogens with zero attached hydrogens (tertiary/aromatic N) is 2. The van der Waals surface area contributed by atoms with Crippen LogP contribution < -0.4 is 11.5 Å². The lowest BCUT2D eigenvalue weighted by atomic mass is 10.1. The molecule has 7 heteroatoms. The maximum absolute atomic E-state index is 10.4. The van der Waals surface area contributed by atoms with Crippen LogP contribution in [0.2, 0.25) is 0 Å². The molecule has 0 saturated carbocycles. The molecule has 1 amide bonds. The van der Waals surface area contributed by atoms with Crippen LogP contribution in [0.15, 0.2) is 34.9 Å². The summed E-state index contributed by atoms with van der Waals surface area (Å²) in [6.07, 6.45) is 0.123. The fourth-order valence-corrected chi connectivity index (χ4v) is 1.68. The molecule has 106 valence electrons. The Morgan fingerprint density at radius 2 is 2.10 bits per heavy atom. The van der Waals surface area contributed by atoms with Gasteiger partial charge in [-0.3, -0.25) is 0 Å². The van der Waals surface area contributed by atoms with Crippen molar-refractivity contribution in [1.29, 1.82) is 0 Å². The molecule has 1 atom stereocenters. The van der Waals surface area contributed by atoms with Gasteiger partial charge in [-0.2, -0.15) is 4.98 Å². The molecule has 0 spiro atoms. The third-order valence-corrected chi connectivity index (χ3v) is 2.68. The molecule has 0 unspecified atom stereocenters. The third kappa shape index (κ3) is 4.06.